The van der Waals surface area contributed by atoms with Gasteiger partial charge in [0.2, 0.25) is 0 Å². The highest BCUT2D eigenvalue weighted by atomic mass is 32.2. The van der Waals surface area contributed by atoms with Crippen LogP contribution in [0.3, 0.4) is 0 Å². The van der Waals surface area contributed by atoms with Crippen LogP contribution < -0.4 is 14.7 Å². The Morgan fingerprint density at radius 1 is 0.444 bits per heavy atom. The molecule has 0 radical (unpaired) electrons. The van der Waals surface area contributed by atoms with Crippen molar-refractivity contribution in [2.75, 3.05) is 14.7 Å². The molecule has 0 bridgehead atoms. The molecule has 3 aromatic heterocycles. The van der Waals surface area contributed by atoms with Crippen molar-refractivity contribution in [3.05, 3.63) is 308 Å². The summed E-state index contributed by atoms with van der Waals surface area (Å²) in [5.74, 6) is 0.343. The third-order valence-corrected chi connectivity index (χ3v) is 40.6. The molecule has 14 aromatic rings. The molecule has 6 heterocycles. The van der Waals surface area contributed by atoms with Gasteiger partial charge < -0.3 is 19.3 Å². The first kappa shape index (κ1) is 77.0. The van der Waals surface area contributed by atoms with Gasteiger partial charge in [-0.2, -0.15) is 0 Å². The number of nitrogens with zero attached hydrogens (tertiary/aromatic N) is 4. The summed E-state index contributed by atoms with van der Waals surface area (Å²) in [6, 6.07) is 67.7. The second kappa shape index (κ2) is 28.2. The summed E-state index contributed by atoms with van der Waals surface area (Å²) >= 11 is 16.4. The number of rotatable bonds is 9. The molecule has 0 saturated heterocycles. The van der Waals surface area contributed by atoms with Gasteiger partial charge in [0.25, 0.3) is 0 Å². The molecule has 0 saturated carbocycles. The average Bonchev–Trinajstić information content (AvgIpc) is 1.66. The Morgan fingerprint density at radius 3 is 1.56 bits per heavy atom. The normalized spacial score (nSPS) is 18.5. The molecule has 0 N–H and O–H groups in total. The van der Waals surface area contributed by atoms with Crippen molar-refractivity contribution in [3.8, 4) is 11.1 Å². The Labute approximate surface area is 723 Å². The van der Waals surface area contributed by atoms with Crippen molar-refractivity contribution in [2.24, 2.45) is 5.92 Å². The van der Waals surface area contributed by atoms with Crippen molar-refractivity contribution >= 4 is 193 Å². The Morgan fingerprint density at radius 2 is 0.949 bits per heavy atom. The monoisotopic (exact) mass is 1670 g/mol. The summed E-state index contributed by atoms with van der Waals surface area (Å²) in [6.07, 6.45) is 8.95. The van der Waals surface area contributed by atoms with Crippen molar-refractivity contribution < 1.29 is 0 Å². The Bertz CT molecular complexity index is 6840. The quantitative estimate of drug-likeness (QED) is 0.104. The van der Waals surface area contributed by atoms with Gasteiger partial charge in [-0.3, -0.25) is 0 Å². The molecular weight excluding hydrogens is 1570 g/mol. The highest BCUT2D eigenvalue weighted by molar-refractivity contribution is 8.11. The fraction of sp³-hybridized carbons (Fsp3) is 0.257. The van der Waals surface area contributed by atoms with E-state index in [4.69, 9.17) is 0 Å². The fourth-order valence-corrected chi connectivity index (χ4v) is 33.0. The van der Waals surface area contributed by atoms with E-state index in [1.165, 1.54) is 228 Å². The summed E-state index contributed by atoms with van der Waals surface area (Å²) in [6.45, 7) is 48.3. The number of thioether (sulfide) groups is 4. The zero-order valence-corrected chi connectivity index (χ0v) is 77.1. The molecule has 20 rings (SSSR count). The average molecular weight is 1670 g/mol. The number of benzene rings is 11. The van der Waals surface area contributed by atoms with Gasteiger partial charge in [0.05, 0.1) is 57.7 Å². The maximum Gasteiger partial charge on any atom is 0.0916 e. The summed E-state index contributed by atoms with van der Waals surface area (Å²) < 4.78 is 10.7. The Kier molecular flexibility index (Phi) is 18.6. The summed E-state index contributed by atoms with van der Waals surface area (Å²) in [5, 5.41) is 2.45. The lowest BCUT2D eigenvalue weighted by Crippen LogP contribution is -2.57. The van der Waals surface area contributed by atoms with Gasteiger partial charge in [-0.25, -0.2) is 0 Å². The third-order valence-electron chi connectivity index (χ3n) is 28.2. The lowest BCUT2D eigenvalue weighted by molar-refractivity contribution is 0.393. The predicted molar refractivity (Wildman–Crippen MR) is 519 cm³/mol. The standard InChI is InChI=1S/C105H98N4S8/c1-55-56(2)63(9)88-87(62(55)8)110-94-84(106(71-39-24-21-25-40-71)72-41-26-22-27-42-72)96-97(117-100-93(114-96)68(14)61(7)69(15)103(100,16)17)85(95(94)111-88)107(73-43-28-23-29-44-73)74-45-36-38-70(54-74)75-47-37-53-82-83(75)76-46-30-33-50-79(76)108(82)86-98-101(115-91-66(12)59(5)57(3)64(10)89(91)112-98)105(20,102-99(86)113-90-65(11)58(4)60(6)67(13)92(90)116-102)109-80-51-34-31-48-77(80)104(18,19)78-49-32-35-52-81(78)109/h21-28,30-43,45-54,69,101H,29,44H2,1-20H3. The highest BCUT2D eigenvalue weighted by Crippen LogP contribution is 2.71. The van der Waals surface area contributed by atoms with Gasteiger partial charge in [0.1, 0.15) is 0 Å². The second-order valence-corrected chi connectivity index (χ2v) is 43.0. The van der Waals surface area contributed by atoms with Gasteiger partial charge in [0.15, 0.2) is 0 Å². The van der Waals surface area contributed by atoms with E-state index in [0.717, 1.165) is 29.9 Å². The van der Waals surface area contributed by atoms with Crippen LogP contribution in [0.2, 0.25) is 0 Å². The topological polar surface area (TPSA) is 14.7 Å². The Balaban J connectivity index is 0.877. The molecule has 4 nitrogen and oxygen atoms in total. The first-order chi connectivity index (χ1) is 56.2. The first-order valence-electron chi connectivity index (χ1n) is 41.3. The first-order valence-corrected chi connectivity index (χ1v) is 47.9. The maximum absolute atomic E-state index is 2.84. The van der Waals surface area contributed by atoms with Crippen molar-refractivity contribution in [3.63, 3.8) is 0 Å². The van der Waals surface area contributed by atoms with E-state index < -0.39 is 5.54 Å². The van der Waals surface area contributed by atoms with Crippen LogP contribution in [0, 0.1) is 89.0 Å². The van der Waals surface area contributed by atoms with Crippen LogP contribution in [-0.2, 0) is 10.8 Å². The largest absolute Gasteiger partial charge is 0.329 e. The van der Waals surface area contributed by atoms with Crippen molar-refractivity contribution in [2.45, 2.75) is 193 Å². The lowest BCUT2D eigenvalue weighted by Gasteiger charge is -2.57. The minimum Gasteiger partial charge on any atom is -0.329 e. The molecular formula is C105H98N4S8. The second-order valence-electron chi connectivity index (χ2n) is 34.7. The van der Waals surface area contributed by atoms with Crippen molar-refractivity contribution in [1.82, 2.24) is 4.57 Å². The smallest absolute Gasteiger partial charge is 0.0916 e. The number of aryl methyl sites for hydroxylation is 2. The number of hydrogen-bond acceptors (Lipinski definition) is 11. The zero-order valence-electron chi connectivity index (χ0n) is 70.6. The van der Waals surface area contributed by atoms with Crippen LogP contribution >= 0.6 is 92.4 Å². The van der Waals surface area contributed by atoms with E-state index in [1.54, 1.807) is 0 Å². The lowest BCUT2D eigenvalue weighted by atomic mass is 9.70. The number of anilines is 7. The molecule has 11 aromatic carbocycles. The summed E-state index contributed by atoms with van der Waals surface area (Å²) in [4.78, 5) is 20.8. The maximum atomic E-state index is 2.84. The molecule has 0 spiro atoms. The fourth-order valence-electron chi connectivity index (χ4n) is 19.9. The van der Waals surface area contributed by atoms with Crippen LogP contribution in [0.25, 0.3) is 72.4 Å². The predicted octanol–water partition coefficient (Wildman–Crippen LogP) is 33.3. The molecule has 12 heteroatoms. The number of fused-ring (bicyclic) bond motifs is 12. The SMILES string of the molecule is CC1=C(C)C(C)C(C)(C)c2sc3c(N(C4=CC=CCC4)c4cccc(-c5cccc6c5c5ccccc5n6C5=C6Sc7c(C)c(C)c(C)c(C)c7SC6C(C)(N6c7ccccc7C(C)(C)c7ccccc76)C6=C5Sc5c(C)c(C)c(C)c(C)c5S6)c4)c4sc5c(C)c(C)c(C)c(C)c5sc4c(N(c4ccccc4)c4ccccc4)c3sc21. The zero-order chi connectivity index (χ0) is 81.2. The van der Waals surface area contributed by atoms with Crippen LogP contribution in [0.5, 0.6) is 0 Å². The summed E-state index contributed by atoms with van der Waals surface area (Å²) in [5.41, 5.74) is 37.1. The van der Waals surface area contributed by atoms with E-state index in [0.29, 0.717) is 5.92 Å². The van der Waals surface area contributed by atoms with E-state index in [-0.39, 0.29) is 16.1 Å². The van der Waals surface area contributed by atoms with E-state index >= 15 is 0 Å². The van der Waals surface area contributed by atoms with Crippen LogP contribution in [0.15, 0.2) is 240 Å². The van der Waals surface area contributed by atoms with E-state index in [1.807, 2.05) is 45.8 Å². The minimum atomic E-state index is -0.617. The van der Waals surface area contributed by atoms with Crippen LogP contribution in [-0.4, -0.2) is 15.4 Å². The molecule has 117 heavy (non-hydrogen) atoms. The number of para-hydroxylation sites is 5. The van der Waals surface area contributed by atoms with Crippen molar-refractivity contribution in [1.29, 1.82) is 0 Å². The molecule has 3 aliphatic heterocycles. The van der Waals surface area contributed by atoms with E-state index in [2.05, 4.69) is 399 Å². The third kappa shape index (κ3) is 11.2. The molecule has 6 aliphatic rings. The van der Waals surface area contributed by atoms with Gasteiger partial charge in [-0.05, 0) is 284 Å². The van der Waals surface area contributed by atoms with Gasteiger partial charge in [-0.1, -0.05) is 203 Å². The van der Waals surface area contributed by atoms with Gasteiger partial charge in [0, 0.05) is 109 Å². The van der Waals surface area contributed by atoms with Crippen LogP contribution in [0.4, 0.5) is 39.8 Å². The van der Waals surface area contributed by atoms with Gasteiger partial charge in [-0.15, -0.1) is 57.1 Å². The number of hydrogen-bond donors (Lipinski definition) is 0. The van der Waals surface area contributed by atoms with Gasteiger partial charge >= 0.3 is 0 Å². The molecule has 586 valence electrons. The number of allylic oxidation sites excluding steroid dienone is 7. The number of aromatic nitrogens is 1. The van der Waals surface area contributed by atoms with Crippen LogP contribution in [0.1, 0.15) is 156 Å². The van der Waals surface area contributed by atoms with E-state index in [9.17, 15) is 0 Å². The minimum absolute atomic E-state index is 0.0621. The summed E-state index contributed by atoms with van der Waals surface area (Å²) in [7, 11) is 0. The molecule has 0 amide bonds. The molecule has 0 fully saturated rings. The molecule has 3 atom stereocenters. The Hall–Kier alpha value is -8.66. The molecule has 3 unspecified atom stereocenters. The highest BCUT2D eigenvalue weighted by Gasteiger charge is 2.58. The molecule has 3 aliphatic carbocycles.